The van der Waals surface area contributed by atoms with Crippen LogP contribution in [0.5, 0.6) is 5.75 Å². The van der Waals surface area contributed by atoms with Gasteiger partial charge in [0.2, 0.25) is 0 Å². The number of nitrogens with one attached hydrogen (secondary N) is 2. The van der Waals surface area contributed by atoms with Gasteiger partial charge in [0.25, 0.3) is 0 Å². The van der Waals surface area contributed by atoms with Crippen molar-refractivity contribution < 1.29 is 9.53 Å². The second-order valence-corrected chi connectivity index (χ2v) is 3.96. The zero-order valence-corrected chi connectivity index (χ0v) is 10.7. The smallest absolute Gasteiger partial charge is 0.312 e. The molecule has 2 amide bonds. The first kappa shape index (κ1) is 14.3. The number of amides is 2. The average molecular weight is 251 g/mol. The van der Waals surface area contributed by atoms with Crippen molar-refractivity contribution >= 4 is 6.03 Å². The number of benzene rings is 1. The van der Waals surface area contributed by atoms with Crippen LogP contribution in [-0.4, -0.2) is 25.7 Å². The first-order valence-corrected chi connectivity index (χ1v) is 6.18. The fraction of sp³-hybridized carbons (Fsp3) is 0.462. The van der Waals surface area contributed by atoms with Gasteiger partial charge in [-0.2, -0.15) is 0 Å². The highest BCUT2D eigenvalue weighted by atomic mass is 16.5. The van der Waals surface area contributed by atoms with Crippen LogP contribution in [0.25, 0.3) is 0 Å². The van der Waals surface area contributed by atoms with Gasteiger partial charge in [0.05, 0.1) is 6.61 Å². The van der Waals surface area contributed by atoms with Crippen molar-refractivity contribution in [2.24, 2.45) is 5.73 Å². The van der Waals surface area contributed by atoms with Crippen molar-refractivity contribution in [1.29, 1.82) is 0 Å². The summed E-state index contributed by atoms with van der Waals surface area (Å²) in [6.45, 7) is 4.77. The molecule has 1 rings (SSSR count). The molecule has 0 atom stereocenters. The van der Waals surface area contributed by atoms with Crippen LogP contribution in [0, 0.1) is 0 Å². The maximum atomic E-state index is 10.4. The van der Waals surface area contributed by atoms with E-state index in [0.29, 0.717) is 13.1 Å². The highest BCUT2D eigenvalue weighted by molar-refractivity contribution is 5.71. The first-order chi connectivity index (χ1) is 8.72. The third-order valence-corrected chi connectivity index (χ3v) is 2.30. The monoisotopic (exact) mass is 251 g/mol. The molecule has 0 aliphatic carbocycles. The molecule has 0 saturated carbocycles. The average Bonchev–Trinajstić information content (AvgIpc) is 2.36. The molecule has 5 heteroatoms. The van der Waals surface area contributed by atoms with Crippen molar-refractivity contribution in [2.45, 2.75) is 19.9 Å². The molecule has 0 aliphatic heterocycles. The number of carbonyl (C=O) groups is 1. The lowest BCUT2D eigenvalue weighted by atomic mass is 10.2. The van der Waals surface area contributed by atoms with E-state index in [1.54, 1.807) is 0 Å². The zero-order valence-electron chi connectivity index (χ0n) is 10.7. The lowest BCUT2D eigenvalue weighted by molar-refractivity contribution is 0.249. The van der Waals surface area contributed by atoms with E-state index in [-0.39, 0.29) is 0 Å². The Labute approximate surface area is 108 Å². The van der Waals surface area contributed by atoms with Crippen LogP contribution in [0.3, 0.4) is 0 Å². The third-order valence-electron chi connectivity index (χ3n) is 2.30. The predicted molar refractivity (Wildman–Crippen MR) is 71.5 cm³/mol. The number of hydrogen-bond donors (Lipinski definition) is 3. The van der Waals surface area contributed by atoms with Gasteiger partial charge in [0.15, 0.2) is 0 Å². The summed E-state index contributed by atoms with van der Waals surface area (Å²) in [4.78, 5) is 10.4. The Hall–Kier alpha value is -1.75. The third kappa shape index (κ3) is 6.10. The van der Waals surface area contributed by atoms with Crippen molar-refractivity contribution in [3.63, 3.8) is 0 Å². The Balaban J connectivity index is 2.26. The van der Waals surface area contributed by atoms with Gasteiger partial charge >= 0.3 is 6.03 Å². The van der Waals surface area contributed by atoms with E-state index >= 15 is 0 Å². The minimum atomic E-state index is -0.494. The van der Waals surface area contributed by atoms with Gasteiger partial charge in [-0.1, -0.05) is 19.1 Å². The molecule has 0 bridgehead atoms. The molecule has 0 unspecified atom stereocenters. The van der Waals surface area contributed by atoms with Crippen molar-refractivity contribution in [2.75, 3.05) is 19.7 Å². The van der Waals surface area contributed by atoms with Gasteiger partial charge in [0.1, 0.15) is 5.75 Å². The summed E-state index contributed by atoms with van der Waals surface area (Å²) in [5.41, 5.74) is 6.11. The molecule has 18 heavy (non-hydrogen) atoms. The minimum Gasteiger partial charge on any atom is -0.494 e. The summed E-state index contributed by atoms with van der Waals surface area (Å²) in [6, 6.07) is 7.49. The van der Waals surface area contributed by atoms with Crippen molar-refractivity contribution in [3.8, 4) is 5.75 Å². The van der Waals surface area contributed by atoms with E-state index in [9.17, 15) is 4.79 Å². The molecule has 0 heterocycles. The molecular formula is C13H21N3O2. The molecule has 100 valence electrons. The first-order valence-electron chi connectivity index (χ1n) is 6.18. The highest BCUT2D eigenvalue weighted by Crippen LogP contribution is 2.13. The van der Waals surface area contributed by atoms with Gasteiger partial charge in [0, 0.05) is 19.6 Å². The summed E-state index contributed by atoms with van der Waals surface area (Å²) >= 11 is 0. The number of carbonyl (C=O) groups excluding carboxylic acids is 1. The van der Waals surface area contributed by atoms with Crippen LogP contribution in [0.2, 0.25) is 0 Å². The van der Waals surface area contributed by atoms with Crippen molar-refractivity contribution in [1.82, 2.24) is 10.6 Å². The van der Waals surface area contributed by atoms with Crippen LogP contribution in [0.15, 0.2) is 24.3 Å². The van der Waals surface area contributed by atoms with Gasteiger partial charge in [-0.3, -0.25) is 0 Å². The lowest BCUT2D eigenvalue weighted by Crippen LogP contribution is -2.35. The normalized spacial score (nSPS) is 10.1. The standard InChI is InChI=1S/C13H21N3O2/c1-2-8-18-12-5-3-4-11(9-12)10-15-6-7-16-13(14)17/h3-5,9,15H,2,6-8,10H2,1H3,(H3,14,16,17). The van der Waals surface area contributed by atoms with Gasteiger partial charge in [-0.05, 0) is 24.1 Å². The topological polar surface area (TPSA) is 76.4 Å². The molecule has 0 fully saturated rings. The molecule has 5 nitrogen and oxygen atoms in total. The highest BCUT2D eigenvalue weighted by Gasteiger charge is 1.97. The Morgan fingerprint density at radius 3 is 2.94 bits per heavy atom. The summed E-state index contributed by atoms with van der Waals surface area (Å²) in [5.74, 6) is 0.895. The van der Waals surface area contributed by atoms with E-state index in [0.717, 1.165) is 30.9 Å². The number of rotatable bonds is 8. The fourth-order valence-electron chi connectivity index (χ4n) is 1.47. The SMILES string of the molecule is CCCOc1cccc(CNCCNC(N)=O)c1. The van der Waals surface area contributed by atoms with E-state index in [1.807, 2.05) is 24.3 Å². The van der Waals surface area contributed by atoms with Gasteiger partial charge in [-0.15, -0.1) is 0 Å². The van der Waals surface area contributed by atoms with E-state index in [4.69, 9.17) is 10.5 Å². The maximum absolute atomic E-state index is 10.4. The molecule has 4 N–H and O–H groups in total. The Morgan fingerprint density at radius 1 is 1.39 bits per heavy atom. The molecule has 0 radical (unpaired) electrons. The summed E-state index contributed by atoms with van der Waals surface area (Å²) < 4.78 is 5.55. The number of ether oxygens (including phenoxy) is 1. The van der Waals surface area contributed by atoms with E-state index in [1.165, 1.54) is 0 Å². The summed E-state index contributed by atoms with van der Waals surface area (Å²) in [6.07, 6.45) is 1.00. The van der Waals surface area contributed by atoms with Gasteiger partial charge < -0.3 is 21.1 Å². The van der Waals surface area contributed by atoms with Crippen LogP contribution >= 0.6 is 0 Å². The maximum Gasteiger partial charge on any atom is 0.312 e. The predicted octanol–water partition coefficient (Wildman–Crippen LogP) is 1.23. The quantitative estimate of drug-likeness (QED) is 0.608. The van der Waals surface area contributed by atoms with E-state index < -0.39 is 6.03 Å². The second-order valence-electron chi connectivity index (χ2n) is 3.96. The molecule has 1 aromatic carbocycles. The molecule has 0 aliphatic rings. The lowest BCUT2D eigenvalue weighted by Gasteiger charge is -2.08. The molecule has 1 aromatic rings. The fourth-order valence-corrected chi connectivity index (χ4v) is 1.47. The number of hydrogen-bond acceptors (Lipinski definition) is 3. The van der Waals surface area contributed by atoms with Gasteiger partial charge in [-0.25, -0.2) is 4.79 Å². The second kappa shape index (κ2) is 8.36. The van der Waals surface area contributed by atoms with Crippen LogP contribution in [-0.2, 0) is 6.54 Å². The van der Waals surface area contributed by atoms with Crippen LogP contribution < -0.4 is 21.1 Å². The number of nitrogens with two attached hydrogens (primary N) is 1. The largest absolute Gasteiger partial charge is 0.494 e. The molecule has 0 saturated heterocycles. The number of primary amides is 1. The Bertz CT molecular complexity index is 369. The Kier molecular flexibility index (Phi) is 6.64. The summed E-state index contributed by atoms with van der Waals surface area (Å²) in [7, 11) is 0. The zero-order chi connectivity index (χ0) is 13.2. The molecule has 0 aromatic heterocycles. The number of urea groups is 1. The van der Waals surface area contributed by atoms with Crippen molar-refractivity contribution in [3.05, 3.63) is 29.8 Å². The van der Waals surface area contributed by atoms with Crippen LogP contribution in [0.4, 0.5) is 4.79 Å². The Morgan fingerprint density at radius 2 is 2.22 bits per heavy atom. The minimum absolute atomic E-state index is 0.494. The molecular weight excluding hydrogens is 230 g/mol. The van der Waals surface area contributed by atoms with Crippen LogP contribution in [0.1, 0.15) is 18.9 Å². The van der Waals surface area contributed by atoms with E-state index in [2.05, 4.69) is 17.6 Å². The summed E-state index contributed by atoms with van der Waals surface area (Å²) in [5, 5.41) is 5.74. The molecule has 0 spiro atoms.